The lowest BCUT2D eigenvalue weighted by atomic mass is 10.0. The highest BCUT2D eigenvalue weighted by Crippen LogP contribution is 2.60. The van der Waals surface area contributed by atoms with Crippen molar-refractivity contribution in [2.45, 2.75) is 5.78 Å². The molecule has 0 fully saturated rings. The predicted octanol–water partition coefficient (Wildman–Crippen LogP) is 8.52. The van der Waals surface area contributed by atoms with Gasteiger partial charge in [-0.15, -0.1) is 0 Å². The van der Waals surface area contributed by atoms with E-state index in [0.717, 1.165) is 11.1 Å². The maximum atomic E-state index is 14.7. The number of benzene rings is 5. The molecule has 6 heteroatoms. The van der Waals surface area contributed by atoms with E-state index in [1.54, 1.807) is 48.5 Å². The molecule has 5 aromatic carbocycles. The van der Waals surface area contributed by atoms with Gasteiger partial charge in [0, 0.05) is 0 Å². The molecule has 5 nitrogen and oxygen atoms in total. The quantitative estimate of drug-likeness (QED) is 0.155. The van der Waals surface area contributed by atoms with E-state index < -0.39 is 13.4 Å². The molecular weight excluding hydrogens is 481 g/mol. The van der Waals surface area contributed by atoms with Crippen LogP contribution >= 0.6 is 7.60 Å². The molecule has 0 bridgehead atoms. The van der Waals surface area contributed by atoms with Crippen molar-refractivity contribution in [1.82, 2.24) is 0 Å². The van der Waals surface area contributed by atoms with Gasteiger partial charge in [-0.3, -0.25) is 0 Å². The van der Waals surface area contributed by atoms with Crippen LogP contribution in [0.3, 0.4) is 0 Å². The average Bonchev–Trinajstić information content (AvgIpc) is 2.94. The summed E-state index contributed by atoms with van der Waals surface area (Å²) < 4.78 is 27.0. The van der Waals surface area contributed by atoms with E-state index in [-0.39, 0.29) is 5.75 Å². The first-order chi connectivity index (χ1) is 18.1. The summed E-state index contributed by atoms with van der Waals surface area (Å²) in [6.45, 7) is 0. The summed E-state index contributed by atoms with van der Waals surface area (Å²) in [5, 5.41) is 13.8. The Kier molecular flexibility index (Phi) is 7.25. The summed E-state index contributed by atoms with van der Waals surface area (Å²) in [4.78, 5) is 0. The zero-order chi connectivity index (χ0) is 25.5. The van der Waals surface area contributed by atoms with E-state index in [9.17, 15) is 9.67 Å². The molecule has 0 aliphatic heterocycles. The van der Waals surface area contributed by atoms with Gasteiger partial charge in [-0.1, -0.05) is 103 Å². The summed E-state index contributed by atoms with van der Waals surface area (Å²) in [6, 6.07) is 42.4. The van der Waals surface area contributed by atoms with Gasteiger partial charge in [0.15, 0.2) is 5.78 Å². The summed E-state index contributed by atoms with van der Waals surface area (Å²) >= 11 is 0. The van der Waals surface area contributed by atoms with Crippen LogP contribution in [-0.2, 0) is 4.57 Å². The number of nitrogens with one attached hydrogen (secondary N) is 1. The lowest BCUT2D eigenvalue weighted by Gasteiger charge is -2.29. The highest BCUT2D eigenvalue weighted by Gasteiger charge is 2.41. The first-order valence-corrected chi connectivity index (χ1v) is 13.5. The van der Waals surface area contributed by atoms with Crippen molar-refractivity contribution in [2.75, 3.05) is 5.32 Å². The van der Waals surface area contributed by atoms with Crippen LogP contribution in [0, 0.1) is 0 Å². The maximum Gasteiger partial charge on any atom is 0.457 e. The highest BCUT2D eigenvalue weighted by molar-refractivity contribution is 7.55. The van der Waals surface area contributed by atoms with Gasteiger partial charge < -0.3 is 19.5 Å². The molecule has 37 heavy (non-hydrogen) atoms. The summed E-state index contributed by atoms with van der Waals surface area (Å²) in [7, 11) is -3.99. The van der Waals surface area contributed by atoms with Crippen molar-refractivity contribution in [2.24, 2.45) is 0 Å². The lowest BCUT2D eigenvalue weighted by Crippen LogP contribution is -2.18. The monoisotopic (exact) mass is 507 g/mol. The first-order valence-electron chi connectivity index (χ1n) is 11.9. The zero-order valence-electron chi connectivity index (χ0n) is 20.0. The van der Waals surface area contributed by atoms with Crippen LogP contribution in [0.1, 0.15) is 11.3 Å². The molecule has 0 aliphatic carbocycles. The summed E-state index contributed by atoms with van der Waals surface area (Å²) in [5.41, 5.74) is 3.18. The SMILES string of the molecule is O=P(Oc1ccccc1)(Oc1ccccc1)C(Nc1ccccc1O)c1ccc(-c2ccccc2)cc1. The van der Waals surface area contributed by atoms with Crippen molar-refractivity contribution in [3.63, 3.8) is 0 Å². The Bertz CT molecular complexity index is 1430. The van der Waals surface area contributed by atoms with E-state index in [1.165, 1.54) is 0 Å². The second-order valence-electron chi connectivity index (χ2n) is 8.40. The molecule has 0 aliphatic rings. The fourth-order valence-electron chi connectivity index (χ4n) is 3.96. The first kappa shape index (κ1) is 24.2. The Morgan fingerprint density at radius 1 is 0.568 bits per heavy atom. The number of phenolic OH excluding ortho intramolecular Hbond substituents is 1. The van der Waals surface area contributed by atoms with Gasteiger partial charge in [-0.2, -0.15) is 0 Å². The molecule has 1 atom stereocenters. The standard InChI is InChI=1S/C31H26NO4P/c33-30-19-11-10-18-29(30)32-31(26-22-20-25(21-23-26)24-12-4-1-5-13-24)37(34,35-27-14-6-2-7-15-27)36-28-16-8-3-9-17-28/h1-23,31-33H. The van der Waals surface area contributed by atoms with Crippen molar-refractivity contribution in [1.29, 1.82) is 0 Å². The minimum atomic E-state index is -3.99. The van der Waals surface area contributed by atoms with Crippen molar-refractivity contribution < 1.29 is 18.7 Å². The number of aromatic hydroxyl groups is 1. The minimum Gasteiger partial charge on any atom is -0.506 e. The lowest BCUT2D eigenvalue weighted by molar-refractivity contribution is 0.376. The Labute approximate surface area is 216 Å². The fourth-order valence-corrected chi connectivity index (χ4v) is 5.87. The maximum absolute atomic E-state index is 14.7. The molecule has 0 aromatic heterocycles. The van der Waals surface area contributed by atoms with E-state index >= 15 is 0 Å². The third kappa shape index (κ3) is 5.85. The largest absolute Gasteiger partial charge is 0.506 e. The van der Waals surface area contributed by atoms with Gasteiger partial charge in [-0.05, 0) is 53.1 Å². The minimum absolute atomic E-state index is 0.0272. The third-order valence-corrected chi connectivity index (χ3v) is 7.79. The van der Waals surface area contributed by atoms with E-state index in [0.29, 0.717) is 22.7 Å². The molecule has 2 N–H and O–H groups in total. The van der Waals surface area contributed by atoms with Gasteiger partial charge in [0.1, 0.15) is 17.2 Å². The molecule has 184 valence electrons. The van der Waals surface area contributed by atoms with Crippen LogP contribution in [0.2, 0.25) is 0 Å². The molecule has 5 aromatic rings. The fraction of sp³-hybridized carbons (Fsp3) is 0.0323. The zero-order valence-corrected chi connectivity index (χ0v) is 20.9. The van der Waals surface area contributed by atoms with Crippen LogP contribution < -0.4 is 14.4 Å². The number of anilines is 1. The van der Waals surface area contributed by atoms with Crippen molar-refractivity contribution in [3.05, 3.63) is 145 Å². The number of hydrogen-bond acceptors (Lipinski definition) is 5. The Balaban J connectivity index is 1.59. The Morgan fingerprint density at radius 3 is 1.57 bits per heavy atom. The summed E-state index contributed by atoms with van der Waals surface area (Å²) in [6.07, 6.45) is 0. The second kappa shape index (κ2) is 11.1. The average molecular weight is 508 g/mol. The third-order valence-electron chi connectivity index (χ3n) is 5.80. The molecule has 0 saturated heterocycles. The van der Waals surface area contributed by atoms with E-state index in [2.05, 4.69) is 5.32 Å². The summed E-state index contributed by atoms with van der Waals surface area (Å²) in [5.74, 6) is -0.0936. The van der Waals surface area contributed by atoms with Gasteiger partial charge in [0.2, 0.25) is 0 Å². The van der Waals surface area contributed by atoms with Gasteiger partial charge in [0.25, 0.3) is 0 Å². The van der Waals surface area contributed by atoms with Crippen molar-refractivity contribution in [3.8, 4) is 28.4 Å². The highest BCUT2D eigenvalue weighted by atomic mass is 31.2. The predicted molar refractivity (Wildman–Crippen MR) is 148 cm³/mol. The molecule has 0 spiro atoms. The van der Waals surface area contributed by atoms with Crippen LogP contribution in [0.15, 0.2) is 140 Å². The van der Waals surface area contributed by atoms with Gasteiger partial charge in [0.05, 0.1) is 5.69 Å². The molecule has 0 saturated carbocycles. The molecule has 0 amide bonds. The van der Waals surface area contributed by atoms with Gasteiger partial charge in [-0.25, -0.2) is 4.57 Å². The smallest absolute Gasteiger partial charge is 0.457 e. The van der Waals surface area contributed by atoms with Gasteiger partial charge >= 0.3 is 7.60 Å². The topological polar surface area (TPSA) is 67.8 Å². The van der Waals surface area contributed by atoms with Crippen LogP contribution in [0.5, 0.6) is 17.2 Å². The van der Waals surface area contributed by atoms with Crippen LogP contribution in [0.25, 0.3) is 11.1 Å². The van der Waals surface area contributed by atoms with Crippen LogP contribution in [0.4, 0.5) is 5.69 Å². The van der Waals surface area contributed by atoms with E-state index in [1.807, 2.05) is 91.0 Å². The van der Waals surface area contributed by atoms with Crippen LogP contribution in [-0.4, -0.2) is 5.11 Å². The molecule has 0 heterocycles. The molecular formula is C31H26NO4P. The number of phenols is 1. The number of para-hydroxylation sites is 4. The Morgan fingerprint density at radius 2 is 1.03 bits per heavy atom. The molecule has 0 radical (unpaired) electrons. The normalized spacial score (nSPS) is 11.9. The number of hydrogen-bond donors (Lipinski definition) is 2. The van der Waals surface area contributed by atoms with E-state index in [4.69, 9.17) is 9.05 Å². The second-order valence-corrected chi connectivity index (χ2v) is 10.4. The Hall–Kier alpha value is -4.47. The van der Waals surface area contributed by atoms with Crippen molar-refractivity contribution >= 4 is 13.3 Å². The molecule has 5 rings (SSSR count). The molecule has 1 unspecified atom stereocenters. The number of rotatable bonds is 9.